The minimum atomic E-state index is -0.0989. The molecule has 24 heavy (non-hydrogen) atoms. The molecule has 2 aromatic carbocycles. The first-order valence-electron chi connectivity index (χ1n) is 8.45. The third kappa shape index (κ3) is 5.58. The summed E-state index contributed by atoms with van der Waals surface area (Å²) in [6, 6.07) is 17.5. The summed E-state index contributed by atoms with van der Waals surface area (Å²) in [5.74, 6) is 2.28. The second kappa shape index (κ2) is 8.34. The number of esters is 1. The molecule has 0 atom stereocenters. The number of hydrogen-bond acceptors (Lipinski definition) is 3. The minimum Gasteiger partial charge on any atom is -0.461 e. The Morgan fingerprint density at radius 2 is 1.71 bits per heavy atom. The maximum Gasteiger partial charge on any atom is 0.306 e. The molecule has 124 valence electrons. The quantitative estimate of drug-likeness (QED) is 0.625. The van der Waals surface area contributed by atoms with Crippen molar-refractivity contribution < 1.29 is 14.3 Å². The lowest BCUT2D eigenvalue weighted by Gasteiger charge is -2.05. The molecular formula is C21H22O3. The van der Waals surface area contributed by atoms with Gasteiger partial charge in [0.1, 0.15) is 18.1 Å². The van der Waals surface area contributed by atoms with E-state index in [2.05, 4.69) is 0 Å². The summed E-state index contributed by atoms with van der Waals surface area (Å²) in [5.41, 5.74) is 1.05. The van der Waals surface area contributed by atoms with Gasteiger partial charge in [0.05, 0.1) is 0 Å². The van der Waals surface area contributed by atoms with Crippen LogP contribution in [0.5, 0.6) is 11.5 Å². The van der Waals surface area contributed by atoms with Crippen LogP contribution in [0.25, 0.3) is 6.08 Å². The van der Waals surface area contributed by atoms with Crippen molar-refractivity contribution in [3.8, 4) is 11.5 Å². The third-order valence-corrected chi connectivity index (χ3v) is 3.96. The Labute approximate surface area is 142 Å². The highest BCUT2D eigenvalue weighted by Gasteiger charge is 2.21. The van der Waals surface area contributed by atoms with Gasteiger partial charge in [-0.1, -0.05) is 49.2 Å². The lowest BCUT2D eigenvalue weighted by Crippen LogP contribution is -2.04. The average Bonchev–Trinajstić information content (AvgIpc) is 3.44. The SMILES string of the molecule is O=C(CCC1CC1)OC/C=C/c1ccc(Oc2ccccc2)cc1. The second-order valence-electron chi connectivity index (χ2n) is 6.05. The van der Waals surface area contributed by atoms with Gasteiger partial charge in [-0.25, -0.2) is 0 Å². The van der Waals surface area contributed by atoms with Crippen molar-refractivity contribution in [3.05, 3.63) is 66.2 Å². The van der Waals surface area contributed by atoms with E-state index in [0.29, 0.717) is 13.0 Å². The molecule has 3 rings (SSSR count). The van der Waals surface area contributed by atoms with E-state index in [9.17, 15) is 4.79 Å². The summed E-state index contributed by atoms with van der Waals surface area (Å²) in [7, 11) is 0. The van der Waals surface area contributed by atoms with E-state index in [1.807, 2.05) is 66.7 Å². The van der Waals surface area contributed by atoms with Crippen LogP contribution in [0, 0.1) is 5.92 Å². The maximum atomic E-state index is 11.5. The van der Waals surface area contributed by atoms with Gasteiger partial charge in [0.25, 0.3) is 0 Å². The van der Waals surface area contributed by atoms with Crippen LogP contribution < -0.4 is 4.74 Å². The van der Waals surface area contributed by atoms with Gasteiger partial charge < -0.3 is 9.47 Å². The van der Waals surface area contributed by atoms with E-state index in [0.717, 1.165) is 29.4 Å². The van der Waals surface area contributed by atoms with Gasteiger partial charge in [-0.15, -0.1) is 0 Å². The summed E-state index contributed by atoms with van der Waals surface area (Å²) in [6.45, 7) is 0.325. The monoisotopic (exact) mass is 322 g/mol. The zero-order valence-corrected chi connectivity index (χ0v) is 13.7. The Morgan fingerprint density at radius 3 is 2.42 bits per heavy atom. The fourth-order valence-electron chi connectivity index (χ4n) is 2.40. The molecule has 0 N–H and O–H groups in total. The molecule has 0 aromatic heterocycles. The molecule has 0 bridgehead atoms. The van der Waals surface area contributed by atoms with Gasteiger partial charge >= 0.3 is 5.97 Å². The molecule has 2 aromatic rings. The molecule has 0 amide bonds. The molecule has 3 nitrogen and oxygen atoms in total. The van der Waals surface area contributed by atoms with Gasteiger partial charge in [-0.05, 0) is 48.2 Å². The van der Waals surface area contributed by atoms with Crippen LogP contribution in [0.2, 0.25) is 0 Å². The molecule has 3 heteroatoms. The number of carbonyl (C=O) groups is 1. The lowest BCUT2D eigenvalue weighted by atomic mass is 10.2. The van der Waals surface area contributed by atoms with Crippen molar-refractivity contribution >= 4 is 12.0 Å². The van der Waals surface area contributed by atoms with Crippen LogP contribution in [-0.2, 0) is 9.53 Å². The molecule has 0 unspecified atom stereocenters. The van der Waals surface area contributed by atoms with Gasteiger partial charge in [-0.3, -0.25) is 4.79 Å². The Balaban J connectivity index is 1.41. The third-order valence-electron chi connectivity index (χ3n) is 3.96. The zero-order valence-electron chi connectivity index (χ0n) is 13.7. The number of benzene rings is 2. The minimum absolute atomic E-state index is 0.0989. The smallest absolute Gasteiger partial charge is 0.306 e. The summed E-state index contributed by atoms with van der Waals surface area (Å²) < 4.78 is 10.9. The van der Waals surface area contributed by atoms with Gasteiger partial charge in [-0.2, -0.15) is 0 Å². The van der Waals surface area contributed by atoms with Crippen LogP contribution in [-0.4, -0.2) is 12.6 Å². The van der Waals surface area contributed by atoms with Crippen molar-refractivity contribution in [1.82, 2.24) is 0 Å². The number of ether oxygens (including phenoxy) is 2. The predicted octanol–water partition coefficient (Wildman–Crippen LogP) is 5.23. The molecule has 0 aliphatic heterocycles. The summed E-state index contributed by atoms with van der Waals surface area (Å²) in [4.78, 5) is 11.5. The molecule has 1 aliphatic carbocycles. The fraction of sp³-hybridized carbons (Fsp3) is 0.286. The molecular weight excluding hydrogens is 300 g/mol. The van der Waals surface area contributed by atoms with Crippen molar-refractivity contribution in [2.75, 3.05) is 6.61 Å². The van der Waals surface area contributed by atoms with Crippen molar-refractivity contribution in [2.24, 2.45) is 5.92 Å². The summed E-state index contributed by atoms with van der Waals surface area (Å²) in [5, 5.41) is 0. The molecule has 0 radical (unpaired) electrons. The standard InChI is InChI=1S/C21H22O3/c22-21(15-12-18-8-9-18)23-16-4-5-17-10-13-20(14-11-17)24-19-6-2-1-3-7-19/h1-7,10-11,13-14,18H,8-9,12,15-16H2/b5-4+. The average molecular weight is 322 g/mol. The molecule has 1 saturated carbocycles. The van der Waals surface area contributed by atoms with E-state index < -0.39 is 0 Å². The van der Waals surface area contributed by atoms with Gasteiger partial charge in [0.15, 0.2) is 0 Å². The molecule has 0 heterocycles. The molecule has 0 saturated heterocycles. The molecule has 0 spiro atoms. The topological polar surface area (TPSA) is 35.5 Å². The number of rotatable bonds is 8. The second-order valence-corrected chi connectivity index (χ2v) is 6.05. The van der Waals surface area contributed by atoms with Crippen LogP contribution in [0.4, 0.5) is 0 Å². The molecule has 1 aliphatic rings. The highest BCUT2D eigenvalue weighted by molar-refractivity contribution is 5.69. The van der Waals surface area contributed by atoms with E-state index >= 15 is 0 Å². The van der Waals surface area contributed by atoms with Crippen molar-refractivity contribution in [3.63, 3.8) is 0 Å². The number of carbonyl (C=O) groups excluding carboxylic acids is 1. The van der Waals surface area contributed by atoms with Crippen LogP contribution >= 0.6 is 0 Å². The normalized spacial score (nSPS) is 13.8. The predicted molar refractivity (Wildman–Crippen MR) is 94.9 cm³/mol. The molecule has 1 fully saturated rings. The number of hydrogen-bond donors (Lipinski definition) is 0. The van der Waals surface area contributed by atoms with Crippen LogP contribution in [0.1, 0.15) is 31.2 Å². The number of para-hydroxylation sites is 1. The van der Waals surface area contributed by atoms with Gasteiger partial charge in [0, 0.05) is 6.42 Å². The Bertz CT molecular complexity index is 670. The lowest BCUT2D eigenvalue weighted by molar-refractivity contribution is -0.142. The highest BCUT2D eigenvalue weighted by Crippen LogP contribution is 2.33. The van der Waals surface area contributed by atoms with E-state index in [4.69, 9.17) is 9.47 Å². The first-order valence-corrected chi connectivity index (χ1v) is 8.45. The van der Waals surface area contributed by atoms with E-state index in [1.54, 1.807) is 0 Å². The summed E-state index contributed by atoms with van der Waals surface area (Å²) in [6.07, 6.45) is 7.88. The van der Waals surface area contributed by atoms with Crippen LogP contribution in [0.3, 0.4) is 0 Å². The Kier molecular flexibility index (Phi) is 5.67. The Hall–Kier alpha value is -2.55. The fourth-order valence-corrected chi connectivity index (χ4v) is 2.40. The van der Waals surface area contributed by atoms with E-state index in [1.165, 1.54) is 12.8 Å². The first-order chi connectivity index (χ1) is 11.8. The zero-order chi connectivity index (χ0) is 16.6. The largest absolute Gasteiger partial charge is 0.461 e. The van der Waals surface area contributed by atoms with Crippen molar-refractivity contribution in [1.29, 1.82) is 0 Å². The summed E-state index contributed by atoms with van der Waals surface area (Å²) >= 11 is 0. The Morgan fingerprint density at radius 1 is 1.00 bits per heavy atom. The first kappa shape index (κ1) is 16.3. The van der Waals surface area contributed by atoms with Crippen molar-refractivity contribution in [2.45, 2.75) is 25.7 Å². The van der Waals surface area contributed by atoms with E-state index in [-0.39, 0.29) is 5.97 Å². The maximum absolute atomic E-state index is 11.5. The van der Waals surface area contributed by atoms with Crippen LogP contribution in [0.15, 0.2) is 60.7 Å². The van der Waals surface area contributed by atoms with Gasteiger partial charge in [0.2, 0.25) is 0 Å². The highest BCUT2D eigenvalue weighted by atomic mass is 16.5.